The van der Waals surface area contributed by atoms with Gasteiger partial charge in [0.25, 0.3) is 0 Å². The summed E-state index contributed by atoms with van der Waals surface area (Å²) in [6.07, 6.45) is 0.755. The van der Waals surface area contributed by atoms with Gasteiger partial charge < -0.3 is 14.6 Å². The van der Waals surface area contributed by atoms with Gasteiger partial charge in [-0.1, -0.05) is 35.5 Å². The molecule has 0 unspecified atom stereocenters. The van der Waals surface area contributed by atoms with Crippen molar-refractivity contribution in [3.05, 3.63) is 65.9 Å². The average molecular weight is 363 g/mol. The Hall–Kier alpha value is -3.12. The van der Waals surface area contributed by atoms with Crippen LogP contribution in [0.5, 0.6) is 5.75 Å². The van der Waals surface area contributed by atoms with Gasteiger partial charge in [-0.25, -0.2) is 0 Å². The molecule has 6 nitrogen and oxygen atoms in total. The van der Waals surface area contributed by atoms with Gasteiger partial charge in [0, 0.05) is 36.3 Å². The van der Waals surface area contributed by atoms with Crippen LogP contribution in [0, 0.1) is 0 Å². The first-order valence-electron chi connectivity index (χ1n) is 8.92. The van der Waals surface area contributed by atoms with E-state index in [4.69, 9.17) is 9.26 Å². The Morgan fingerprint density at radius 2 is 1.96 bits per heavy atom. The second kappa shape index (κ2) is 7.63. The lowest BCUT2D eigenvalue weighted by molar-refractivity contribution is -0.117. The second-order valence-corrected chi connectivity index (χ2v) is 6.54. The van der Waals surface area contributed by atoms with Crippen molar-refractivity contribution in [3.63, 3.8) is 0 Å². The summed E-state index contributed by atoms with van der Waals surface area (Å²) >= 11 is 0. The van der Waals surface area contributed by atoms with E-state index in [2.05, 4.69) is 15.4 Å². The SMILES string of the molecule is COc1ccc(NC(=O)CN2CCc3onc(-c4ccccc4)c3C2)cc1. The number of amides is 1. The predicted molar refractivity (Wildman–Crippen MR) is 103 cm³/mol. The minimum absolute atomic E-state index is 0.0404. The lowest BCUT2D eigenvalue weighted by Gasteiger charge is -2.25. The highest BCUT2D eigenvalue weighted by Gasteiger charge is 2.25. The summed E-state index contributed by atoms with van der Waals surface area (Å²) in [5.74, 6) is 1.64. The van der Waals surface area contributed by atoms with Gasteiger partial charge >= 0.3 is 0 Å². The number of nitrogens with one attached hydrogen (secondary N) is 1. The van der Waals surface area contributed by atoms with Crippen LogP contribution in [0.4, 0.5) is 5.69 Å². The van der Waals surface area contributed by atoms with Crippen molar-refractivity contribution in [1.82, 2.24) is 10.1 Å². The number of ether oxygens (including phenoxy) is 1. The molecule has 0 spiro atoms. The Bertz CT molecular complexity index is 920. The Balaban J connectivity index is 1.42. The van der Waals surface area contributed by atoms with E-state index in [1.165, 1.54) is 0 Å². The Kier molecular flexibility index (Phi) is 4.89. The average Bonchev–Trinajstić information content (AvgIpc) is 3.12. The monoisotopic (exact) mass is 363 g/mol. The van der Waals surface area contributed by atoms with Crippen molar-refractivity contribution < 1.29 is 14.1 Å². The van der Waals surface area contributed by atoms with Crippen LogP contribution in [0.3, 0.4) is 0 Å². The fourth-order valence-corrected chi connectivity index (χ4v) is 3.30. The highest BCUT2D eigenvalue weighted by atomic mass is 16.5. The van der Waals surface area contributed by atoms with Gasteiger partial charge in [0.2, 0.25) is 5.91 Å². The summed E-state index contributed by atoms with van der Waals surface area (Å²) in [6, 6.07) is 17.3. The number of carbonyl (C=O) groups excluding carboxylic acids is 1. The zero-order valence-corrected chi connectivity index (χ0v) is 15.1. The van der Waals surface area contributed by atoms with Crippen LogP contribution in [0.15, 0.2) is 59.1 Å². The molecule has 1 aliphatic heterocycles. The standard InChI is InChI=1S/C21H21N3O3/c1-26-17-9-7-16(8-10-17)22-20(25)14-24-12-11-19-18(13-24)21(23-27-19)15-5-3-2-4-6-15/h2-10H,11-14H2,1H3,(H,22,25). The van der Waals surface area contributed by atoms with E-state index >= 15 is 0 Å². The van der Waals surface area contributed by atoms with Crippen molar-refractivity contribution >= 4 is 11.6 Å². The minimum atomic E-state index is -0.0404. The molecule has 0 bridgehead atoms. The summed E-state index contributed by atoms with van der Waals surface area (Å²) in [5.41, 5.74) is 3.73. The number of anilines is 1. The molecule has 6 heteroatoms. The maximum atomic E-state index is 12.4. The normalized spacial score (nSPS) is 13.8. The fourth-order valence-electron chi connectivity index (χ4n) is 3.30. The number of carbonyl (C=O) groups is 1. The Morgan fingerprint density at radius 1 is 1.19 bits per heavy atom. The molecule has 4 rings (SSSR count). The third-order valence-corrected chi connectivity index (χ3v) is 4.69. The highest BCUT2D eigenvalue weighted by Crippen LogP contribution is 2.29. The van der Waals surface area contributed by atoms with Gasteiger partial charge in [-0.2, -0.15) is 0 Å². The molecule has 0 fully saturated rings. The molecule has 1 aromatic heterocycles. The number of fused-ring (bicyclic) bond motifs is 1. The molecule has 1 N–H and O–H groups in total. The largest absolute Gasteiger partial charge is 0.497 e. The van der Waals surface area contributed by atoms with Crippen molar-refractivity contribution in [3.8, 4) is 17.0 Å². The number of rotatable bonds is 5. The van der Waals surface area contributed by atoms with Crippen LogP contribution in [-0.2, 0) is 17.8 Å². The molecule has 27 heavy (non-hydrogen) atoms. The van der Waals surface area contributed by atoms with Crippen LogP contribution >= 0.6 is 0 Å². The third-order valence-electron chi connectivity index (χ3n) is 4.69. The van der Waals surface area contributed by atoms with Gasteiger partial charge in [-0.05, 0) is 24.3 Å². The topological polar surface area (TPSA) is 67.6 Å². The van der Waals surface area contributed by atoms with Crippen LogP contribution in [-0.4, -0.2) is 36.2 Å². The van der Waals surface area contributed by atoms with Crippen molar-refractivity contribution in [1.29, 1.82) is 0 Å². The van der Waals surface area contributed by atoms with Crippen molar-refractivity contribution in [2.75, 3.05) is 25.5 Å². The molecular weight excluding hydrogens is 342 g/mol. The summed E-state index contributed by atoms with van der Waals surface area (Å²) in [4.78, 5) is 14.5. The van der Waals surface area contributed by atoms with Crippen LogP contribution in [0.1, 0.15) is 11.3 Å². The number of hydrogen-bond acceptors (Lipinski definition) is 5. The number of aromatic nitrogens is 1. The molecule has 0 aliphatic carbocycles. The maximum Gasteiger partial charge on any atom is 0.238 e. The lowest BCUT2D eigenvalue weighted by atomic mass is 10.0. The second-order valence-electron chi connectivity index (χ2n) is 6.54. The zero-order chi connectivity index (χ0) is 18.6. The van der Waals surface area contributed by atoms with E-state index in [9.17, 15) is 4.79 Å². The predicted octanol–water partition coefficient (Wildman–Crippen LogP) is 3.35. The van der Waals surface area contributed by atoms with Gasteiger partial charge in [-0.3, -0.25) is 9.69 Å². The lowest BCUT2D eigenvalue weighted by Crippen LogP contribution is -2.36. The van der Waals surface area contributed by atoms with E-state index in [0.717, 1.165) is 47.0 Å². The highest BCUT2D eigenvalue weighted by molar-refractivity contribution is 5.92. The first-order valence-corrected chi connectivity index (χ1v) is 8.92. The first-order chi connectivity index (χ1) is 13.2. The molecule has 1 amide bonds. The summed E-state index contributed by atoms with van der Waals surface area (Å²) in [5, 5.41) is 7.18. The van der Waals surface area contributed by atoms with E-state index in [0.29, 0.717) is 13.1 Å². The number of methoxy groups -OCH3 is 1. The number of nitrogens with zero attached hydrogens (tertiary/aromatic N) is 2. The number of benzene rings is 2. The van der Waals surface area contributed by atoms with Crippen LogP contribution in [0.2, 0.25) is 0 Å². The summed E-state index contributed by atoms with van der Waals surface area (Å²) in [7, 11) is 1.62. The molecule has 138 valence electrons. The van der Waals surface area contributed by atoms with E-state index in [-0.39, 0.29) is 5.91 Å². The maximum absolute atomic E-state index is 12.4. The molecule has 0 atom stereocenters. The molecule has 2 aromatic carbocycles. The van der Waals surface area contributed by atoms with Crippen molar-refractivity contribution in [2.24, 2.45) is 0 Å². The quantitative estimate of drug-likeness (QED) is 0.753. The van der Waals surface area contributed by atoms with Gasteiger partial charge in [0.1, 0.15) is 17.2 Å². The molecular formula is C21H21N3O3. The van der Waals surface area contributed by atoms with Crippen LogP contribution < -0.4 is 10.1 Å². The summed E-state index contributed by atoms with van der Waals surface area (Å²) in [6.45, 7) is 1.75. The first kappa shape index (κ1) is 17.3. The Labute approximate surface area is 157 Å². The molecule has 1 aliphatic rings. The number of hydrogen-bond donors (Lipinski definition) is 1. The van der Waals surface area contributed by atoms with Gasteiger partial charge in [0.15, 0.2) is 0 Å². The minimum Gasteiger partial charge on any atom is -0.497 e. The van der Waals surface area contributed by atoms with E-state index in [1.54, 1.807) is 7.11 Å². The molecule has 0 saturated carbocycles. The molecule has 3 aromatic rings. The van der Waals surface area contributed by atoms with E-state index < -0.39 is 0 Å². The smallest absolute Gasteiger partial charge is 0.238 e. The zero-order valence-electron chi connectivity index (χ0n) is 15.1. The molecule has 2 heterocycles. The molecule has 0 radical (unpaired) electrons. The van der Waals surface area contributed by atoms with Crippen LogP contribution in [0.25, 0.3) is 11.3 Å². The van der Waals surface area contributed by atoms with E-state index in [1.807, 2.05) is 54.6 Å². The van der Waals surface area contributed by atoms with Gasteiger partial charge in [0.05, 0.1) is 13.7 Å². The Morgan fingerprint density at radius 3 is 2.70 bits per heavy atom. The van der Waals surface area contributed by atoms with Gasteiger partial charge in [-0.15, -0.1) is 0 Å². The summed E-state index contributed by atoms with van der Waals surface area (Å²) < 4.78 is 10.7. The third kappa shape index (κ3) is 3.85. The fraction of sp³-hybridized carbons (Fsp3) is 0.238. The molecule has 0 saturated heterocycles. The van der Waals surface area contributed by atoms with Crippen molar-refractivity contribution in [2.45, 2.75) is 13.0 Å².